The SMILES string of the molecule is O=C(COc1ccc(F)c(Cl)c1)NCC1(CO)CC1. The smallest absolute Gasteiger partial charge is 0.257 e. The number of amides is 1. The second-order valence-corrected chi connectivity index (χ2v) is 5.21. The van der Waals surface area contributed by atoms with Gasteiger partial charge in [0.1, 0.15) is 11.6 Å². The van der Waals surface area contributed by atoms with E-state index in [4.69, 9.17) is 21.4 Å². The first kappa shape index (κ1) is 14.1. The van der Waals surface area contributed by atoms with E-state index in [0.29, 0.717) is 12.3 Å². The molecule has 0 unspecified atom stereocenters. The molecule has 4 nitrogen and oxygen atoms in total. The summed E-state index contributed by atoms with van der Waals surface area (Å²) < 4.78 is 18.1. The molecule has 104 valence electrons. The maximum Gasteiger partial charge on any atom is 0.257 e. The van der Waals surface area contributed by atoms with Crippen molar-refractivity contribution in [2.45, 2.75) is 12.8 Å². The fraction of sp³-hybridized carbons (Fsp3) is 0.462. The Kier molecular flexibility index (Phi) is 4.27. The summed E-state index contributed by atoms with van der Waals surface area (Å²) in [5, 5.41) is 11.8. The third-order valence-corrected chi connectivity index (χ3v) is 3.50. The number of benzene rings is 1. The highest BCUT2D eigenvalue weighted by atomic mass is 35.5. The zero-order valence-electron chi connectivity index (χ0n) is 10.3. The van der Waals surface area contributed by atoms with Gasteiger partial charge in [0.05, 0.1) is 11.6 Å². The van der Waals surface area contributed by atoms with Crippen LogP contribution in [0.5, 0.6) is 5.75 Å². The van der Waals surface area contributed by atoms with Crippen molar-refractivity contribution in [1.82, 2.24) is 5.32 Å². The molecule has 1 fully saturated rings. The van der Waals surface area contributed by atoms with Gasteiger partial charge in [-0.3, -0.25) is 4.79 Å². The summed E-state index contributed by atoms with van der Waals surface area (Å²) in [6, 6.07) is 3.91. The predicted octanol–water partition coefficient (Wildman–Crippen LogP) is 1.75. The number of ether oxygens (including phenoxy) is 1. The summed E-state index contributed by atoms with van der Waals surface area (Å²) >= 11 is 5.59. The van der Waals surface area contributed by atoms with Crippen LogP contribution >= 0.6 is 11.6 Å². The van der Waals surface area contributed by atoms with Crippen molar-refractivity contribution < 1.29 is 19.0 Å². The summed E-state index contributed by atoms with van der Waals surface area (Å²) in [6.07, 6.45) is 1.86. The fourth-order valence-corrected chi connectivity index (χ4v) is 1.79. The van der Waals surface area contributed by atoms with Crippen molar-refractivity contribution in [2.24, 2.45) is 5.41 Å². The van der Waals surface area contributed by atoms with E-state index in [1.165, 1.54) is 18.2 Å². The van der Waals surface area contributed by atoms with Gasteiger partial charge in [0.2, 0.25) is 0 Å². The van der Waals surface area contributed by atoms with Gasteiger partial charge in [-0.1, -0.05) is 11.6 Å². The molecular weight excluding hydrogens is 273 g/mol. The number of aliphatic hydroxyl groups excluding tert-OH is 1. The number of aliphatic hydroxyl groups is 1. The molecule has 1 aliphatic carbocycles. The van der Waals surface area contributed by atoms with E-state index in [-0.39, 0.29) is 29.6 Å². The Bertz CT molecular complexity index is 477. The van der Waals surface area contributed by atoms with Crippen molar-refractivity contribution in [2.75, 3.05) is 19.8 Å². The van der Waals surface area contributed by atoms with Crippen LogP contribution in [0.25, 0.3) is 0 Å². The molecule has 0 aliphatic heterocycles. The minimum Gasteiger partial charge on any atom is -0.484 e. The third-order valence-electron chi connectivity index (χ3n) is 3.21. The van der Waals surface area contributed by atoms with Crippen LogP contribution in [0.4, 0.5) is 4.39 Å². The normalized spacial score (nSPS) is 15.9. The topological polar surface area (TPSA) is 58.6 Å². The second-order valence-electron chi connectivity index (χ2n) is 4.80. The quantitative estimate of drug-likeness (QED) is 0.838. The van der Waals surface area contributed by atoms with Crippen LogP contribution in [-0.2, 0) is 4.79 Å². The van der Waals surface area contributed by atoms with E-state index in [0.717, 1.165) is 12.8 Å². The van der Waals surface area contributed by atoms with Crippen molar-refractivity contribution in [3.8, 4) is 5.75 Å². The number of nitrogens with one attached hydrogen (secondary N) is 1. The van der Waals surface area contributed by atoms with Gasteiger partial charge in [0.25, 0.3) is 5.91 Å². The number of carbonyl (C=O) groups excluding carboxylic acids is 1. The van der Waals surface area contributed by atoms with Gasteiger partial charge in [-0.25, -0.2) is 4.39 Å². The number of carbonyl (C=O) groups is 1. The Labute approximate surface area is 115 Å². The van der Waals surface area contributed by atoms with E-state index in [1.807, 2.05) is 0 Å². The summed E-state index contributed by atoms with van der Waals surface area (Å²) in [7, 11) is 0. The van der Waals surface area contributed by atoms with Gasteiger partial charge in [0.15, 0.2) is 6.61 Å². The largest absolute Gasteiger partial charge is 0.484 e. The van der Waals surface area contributed by atoms with Gasteiger partial charge < -0.3 is 15.2 Å². The van der Waals surface area contributed by atoms with Gasteiger partial charge in [-0.2, -0.15) is 0 Å². The molecule has 2 rings (SSSR count). The fourth-order valence-electron chi connectivity index (χ4n) is 1.62. The summed E-state index contributed by atoms with van der Waals surface area (Å²) in [6.45, 7) is 0.376. The lowest BCUT2D eigenvalue weighted by atomic mass is 10.1. The van der Waals surface area contributed by atoms with E-state index in [9.17, 15) is 9.18 Å². The van der Waals surface area contributed by atoms with Crippen LogP contribution in [-0.4, -0.2) is 30.8 Å². The Hall–Kier alpha value is -1.33. The third kappa shape index (κ3) is 3.81. The zero-order chi connectivity index (χ0) is 13.9. The second kappa shape index (κ2) is 5.75. The molecule has 1 aliphatic rings. The maximum absolute atomic E-state index is 12.9. The van der Waals surface area contributed by atoms with Crippen molar-refractivity contribution in [1.29, 1.82) is 0 Å². The number of hydrogen-bond donors (Lipinski definition) is 2. The number of halogens is 2. The predicted molar refractivity (Wildman–Crippen MR) is 68.7 cm³/mol. The number of hydrogen-bond acceptors (Lipinski definition) is 3. The van der Waals surface area contributed by atoms with Crippen LogP contribution in [0.15, 0.2) is 18.2 Å². The van der Waals surface area contributed by atoms with Crippen LogP contribution in [0.2, 0.25) is 5.02 Å². The van der Waals surface area contributed by atoms with Crippen LogP contribution in [0, 0.1) is 11.2 Å². The molecule has 0 aromatic heterocycles. The standard InChI is InChI=1S/C13H15ClFNO3/c14-10-5-9(1-2-11(10)15)19-6-12(18)16-7-13(8-17)3-4-13/h1-2,5,17H,3-4,6-8H2,(H,16,18). The summed E-state index contributed by atoms with van der Waals surface area (Å²) in [5.41, 5.74) is -0.130. The molecule has 0 heterocycles. The van der Waals surface area contributed by atoms with Gasteiger partial charge in [-0.15, -0.1) is 0 Å². The van der Waals surface area contributed by atoms with Gasteiger partial charge in [0, 0.05) is 18.0 Å². The van der Waals surface area contributed by atoms with Crippen LogP contribution in [0.3, 0.4) is 0 Å². The summed E-state index contributed by atoms with van der Waals surface area (Å²) in [4.78, 5) is 11.5. The average Bonchev–Trinajstić information content (AvgIpc) is 3.18. The Balaban J connectivity index is 1.75. The summed E-state index contributed by atoms with van der Waals surface area (Å²) in [5.74, 6) is -0.470. The Morgan fingerprint density at radius 2 is 2.26 bits per heavy atom. The Morgan fingerprint density at radius 3 is 2.84 bits per heavy atom. The van der Waals surface area contributed by atoms with Gasteiger partial charge in [-0.05, 0) is 25.0 Å². The average molecular weight is 288 g/mol. The molecule has 6 heteroatoms. The first-order valence-electron chi connectivity index (χ1n) is 6.00. The van der Waals surface area contributed by atoms with E-state index in [1.54, 1.807) is 0 Å². The lowest BCUT2D eigenvalue weighted by molar-refractivity contribution is -0.123. The van der Waals surface area contributed by atoms with Crippen molar-refractivity contribution in [3.05, 3.63) is 29.0 Å². The van der Waals surface area contributed by atoms with Crippen molar-refractivity contribution in [3.63, 3.8) is 0 Å². The molecule has 1 saturated carbocycles. The number of rotatable bonds is 6. The molecule has 1 amide bonds. The van der Waals surface area contributed by atoms with Gasteiger partial charge >= 0.3 is 0 Å². The molecule has 0 saturated heterocycles. The van der Waals surface area contributed by atoms with Crippen LogP contribution < -0.4 is 10.1 Å². The molecule has 0 spiro atoms. The highest BCUT2D eigenvalue weighted by molar-refractivity contribution is 6.30. The zero-order valence-corrected chi connectivity index (χ0v) is 11.0. The molecule has 2 N–H and O–H groups in total. The maximum atomic E-state index is 12.9. The minimum atomic E-state index is -0.530. The molecule has 19 heavy (non-hydrogen) atoms. The van der Waals surface area contributed by atoms with Crippen molar-refractivity contribution >= 4 is 17.5 Å². The molecule has 0 bridgehead atoms. The lowest BCUT2D eigenvalue weighted by Gasteiger charge is -2.13. The highest BCUT2D eigenvalue weighted by Crippen LogP contribution is 2.44. The van der Waals surface area contributed by atoms with E-state index < -0.39 is 5.82 Å². The molecule has 1 aromatic rings. The van der Waals surface area contributed by atoms with Crippen LogP contribution in [0.1, 0.15) is 12.8 Å². The van der Waals surface area contributed by atoms with E-state index >= 15 is 0 Å². The monoisotopic (exact) mass is 287 g/mol. The molecule has 0 atom stereocenters. The molecule has 0 radical (unpaired) electrons. The van der Waals surface area contributed by atoms with E-state index in [2.05, 4.69) is 5.32 Å². The first-order chi connectivity index (χ1) is 9.04. The first-order valence-corrected chi connectivity index (χ1v) is 6.38. The minimum absolute atomic E-state index is 0.0462. The Morgan fingerprint density at radius 1 is 1.53 bits per heavy atom. The molecule has 1 aromatic carbocycles. The lowest BCUT2D eigenvalue weighted by Crippen LogP contribution is -2.35. The highest BCUT2D eigenvalue weighted by Gasteiger charge is 2.42. The molecular formula is C13H15ClFNO3.